The number of aliphatic hydroxyl groups is 1. The molecule has 1 aliphatic rings. The number of cyclic esters (lactones) is 1. The molecule has 1 aliphatic heterocycles. The summed E-state index contributed by atoms with van der Waals surface area (Å²) in [5.74, 6) is -0.310. The lowest BCUT2D eigenvalue weighted by Crippen LogP contribution is -2.15. The Hall–Kier alpha value is -1.36. The molecular weight excluding hydrogens is 320 g/mol. The molecule has 0 bridgehead atoms. The van der Waals surface area contributed by atoms with Crippen molar-refractivity contribution in [2.24, 2.45) is 11.8 Å². The van der Waals surface area contributed by atoms with Crippen LogP contribution in [0.25, 0.3) is 0 Å². The predicted molar refractivity (Wildman–Crippen MR) is 96.9 cm³/mol. The molecule has 0 saturated carbocycles. The van der Waals surface area contributed by atoms with Gasteiger partial charge >= 0.3 is 11.9 Å². The predicted octanol–water partition coefficient (Wildman–Crippen LogP) is 3.79. The molecule has 0 aromatic carbocycles. The molecule has 0 spiro atoms. The van der Waals surface area contributed by atoms with Crippen LogP contribution in [-0.2, 0) is 19.1 Å². The first-order valence-electron chi connectivity index (χ1n) is 9.68. The van der Waals surface area contributed by atoms with E-state index in [9.17, 15) is 14.7 Å². The Morgan fingerprint density at radius 2 is 2.04 bits per heavy atom. The van der Waals surface area contributed by atoms with E-state index in [-0.39, 0.29) is 23.8 Å². The monoisotopic (exact) mass is 354 g/mol. The van der Waals surface area contributed by atoms with E-state index in [1.807, 2.05) is 12.2 Å². The van der Waals surface area contributed by atoms with Gasteiger partial charge in [0.15, 0.2) is 0 Å². The third-order valence-electron chi connectivity index (χ3n) is 4.80. The van der Waals surface area contributed by atoms with E-state index in [0.717, 1.165) is 57.8 Å². The summed E-state index contributed by atoms with van der Waals surface area (Å²) in [7, 11) is 1.41. The van der Waals surface area contributed by atoms with Crippen molar-refractivity contribution in [3.8, 4) is 0 Å². The van der Waals surface area contributed by atoms with Crippen LogP contribution in [0.4, 0.5) is 0 Å². The van der Waals surface area contributed by atoms with Crippen molar-refractivity contribution in [2.75, 3.05) is 13.7 Å². The first kappa shape index (κ1) is 21.7. The zero-order valence-corrected chi connectivity index (χ0v) is 15.7. The molecule has 0 radical (unpaired) electrons. The number of carbonyl (C=O) groups excluding carboxylic acids is 2. The van der Waals surface area contributed by atoms with Gasteiger partial charge in [0.1, 0.15) is 0 Å². The fourth-order valence-corrected chi connectivity index (χ4v) is 3.16. The van der Waals surface area contributed by atoms with Crippen molar-refractivity contribution in [3.05, 3.63) is 12.2 Å². The number of hydrogen-bond acceptors (Lipinski definition) is 5. The Labute approximate surface area is 151 Å². The molecule has 1 rings (SSSR count). The zero-order valence-electron chi connectivity index (χ0n) is 15.7. The summed E-state index contributed by atoms with van der Waals surface area (Å²) >= 11 is 0. The average molecular weight is 354 g/mol. The van der Waals surface area contributed by atoms with Gasteiger partial charge in [-0.3, -0.25) is 9.59 Å². The van der Waals surface area contributed by atoms with Crippen LogP contribution in [0, 0.1) is 11.8 Å². The normalized spacial score (nSPS) is 21.5. The number of methoxy groups -OCH3 is 1. The van der Waals surface area contributed by atoms with E-state index in [4.69, 9.17) is 4.74 Å². The lowest BCUT2D eigenvalue weighted by molar-refractivity contribution is -0.141. The molecule has 25 heavy (non-hydrogen) atoms. The van der Waals surface area contributed by atoms with Gasteiger partial charge in [-0.2, -0.15) is 0 Å². The number of carbonyl (C=O) groups is 2. The Bertz CT molecular complexity index is 418. The lowest BCUT2D eigenvalue weighted by Gasteiger charge is -2.12. The molecule has 1 heterocycles. The van der Waals surface area contributed by atoms with Crippen molar-refractivity contribution in [1.82, 2.24) is 0 Å². The third-order valence-corrected chi connectivity index (χ3v) is 4.80. The number of esters is 2. The van der Waals surface area contributed by atoms with Gasteiger partial charge in [0, 0.05) is 12.3 Å². The SMILES string of the molecule is CCCCC[C@@H](O)/C=C/[C@H]1COC(=O)[C@@H]1CCCCCCC(=O)OC. The summed E-state index contributed by atoms with van der Waals surface area (Å²) < 4.78 is 9.82. The molecule has 0 aromatic heterocycles. The first-order valence-corrected chi connectivity index (χ1v) is 9.68. The van der Waals surface area contributed by atoms with Crippen molar-refractivity contribution < 1.29 is 24.2 Å². The van der Waals surface area contributed by atoms with Gasteiger partial charge in [-0.05, 0) is 19.3 Å². The molecule has 0 amide bonds. The summed E-state index contributed by atoms with van der Waals surface area (Å²) in [6, 6.07) is 0. The number of ether oxygens (including phenoxy) is 2. The van der Waals surface area contributed by atoms with E-state index in [1.54, 1.807) is 0 Å². The van der Waals surface area contributed by atoms with E-state index in [1.165, 1.54) is 7.11 Å². The molecule has 1 saturated heterocycles. The van der Waals surface area contributed by atoms with Crippen LogP contribution < -0.4 is 0 Å². The highest BCUT2D eigenvalue weighted by atomic mass is 16.5. The second-order valence-electron chi connectivity index (χ2n) is 6.88. The summed E-state index contributed by atoms with van der Waals surface area (Å²) in [4.78, 5) is 22.9. The summed E-state index contributed by atoms with van der Waals surface area (Å²) in [5.41, 5.74) is 0. The molecule has 0 aromatic rings. The van der Waals surface area contributed by atoms with E-state index in [0.29, 0.717) is 13.0 Å². The lowest BCUT2D eigenvalue weighted by atomic mass is 9.89. The minimum absolute atomic E-state index is 0.0726. The van der Waals surface area contributed by atoms with Gasteiger partial charge in [-0.25, -0.2) is 0 Å². The molecule has 3 atom stereocenters. The molecule has 5 nitrogen and oxygen atoms in total. The first-order chi connectivity index (χ1) is 12.1. The minimum Gasteiger partial charge on any atom is -0.469 e. The Kier molecular flexibility index (Phi) is 11.2. The Balaban J connectivity index is 2.26. The Morgan fingerprint density at radius 3 is 2.76 bits per heavy atom. The van der Waals surface area contributed by atoms with E-state index >= 15 is 0 Å². The summed E-state index contributed by atoms with van der Waals surface area (Å²) in [6.45, 7) is 2.56. The van der Waals surface area contributed by atoms with Gasteiger partial charge in [-0.1, -0.05) is 57.6 Å². The minimum atomic E-state index is -0.429. The molecule has 5 heteroatoms. The molecule has 0 aliphatic carbocycles. The molecule has 0 unspecified atom stereocenters. The third kappa shape index (κ3) is 9.05. The number of unbranched alkanes of at least 4 members (excludes halogenated alkanes) is 5. The quantitative estimate of drug-likeness (QED) is 0.309. The van der Waals surface area contributed by atoms with Crippen LogP contribution in [0.2, 0.25) is 0 Å². The molecule has 1 fully saturated rings. The van der Waals surface area contributed by atoms with E-state index in [2.05, 4.69) is 11.7 Å². The highest BCUT2D eigenvalue weighted by Gasteiger charge is 2.34. The van der Waals surface area contributed by atoms with E-state index < -0.39 is 6.10 Å². The second-order valence-corrected chi connectivity index (χ2v) is 6.88. The number of rotatable bonds is 13. The van der Waals surface area contributed by atoms with Crippen LogP contribution in [0.15, 0.2) is 12.2 Å². The largest absolute Gasteiger partial charge is 0.469 e. The van der Waals surface area contributed by atoms with Crippen molar-refractivity contribution in [2.45, 2.75) is 77.2 Å². The second kappa shape index (κ2) is 12.9. The average Bonchev–Trinajstić information content (AvgIpc) is 2.96. The molecular formula is C20H34O5. The topological polar surface area (TPSA) is 72.8 Å². The van der Waals surface area contributed by atoms with Crippen LogP contribution in [0.3, 0.4) is 0 Å². The van der Waals surface area contributed by atoms with Crippen molar-refractivity contribution in [3.63, 3.8) is 0 Å². The van der Waals surface area contributed by atoms with Crippen LogP contribution >= 0.6 is 0 Å². The highest BCUT2D eigenvalue weighted by molar-refractivity contribution is 5.75. The fraction of sp³-hybridized carbons (Fsp3) is 0.800. The van der Waals surface area contributed by atoms with Crippen molar-refractivity contribution >= 4 is 11.9 Å². The number of hydrogen-bond donors (Lipinski definition) is 1. The van der Waals surface area contributed by atoms with Gasteiger partial charge in [-0.15, -0.1) is 0 Å². The van der Waals surface area contributed by atoms with Crippen LogP contribution in [0.1, 0.15) is 71.1 Å². The smallest absolute Gasteiger partial charge is 0.309 e. The van der Waals surface area contributed by atoms with Gasteiger partial charge in [0.25, 0.3) is 0 Å². The molecule has 1 N–H and O–H groups in total. The zero-order chi connectivity index (χ0) is 18.5. The maximum atomic E-state index is 11.9. The van der Waals surface area contributed by atoms with Crippen LogP contribution in [0.5, 0.6) is 0 Å². The Morgan fingerprint density at radius 1 is 1.28 bits per heavy atom. The number of aliphatic hydroxyl groups excluding tert-OH is 1. The van der Waals surface area contributed by atoms with Gasteiger partial charge < -0.3 is 14.6 Å². The highest BCUT2D eigenvalue weighted by Crippen LogP contribution is 2.29. The molecule has 144 valence electrons. The summed E-state index contributed by atoms with van der Waals surface area (Å²) in [6.07, 6.45) is 12.4. The summed E-state index contributed by atoms with van der Waals surface area (Å²) in [5, 5.41) is 9.98. The maximum Gasteiger partial charge on any atom is 0.309 e. The van der Waals surface area contributed by atoms with Gasteiger partial charge in [0.2, 0.25) is 0 Å². The van der Waals surface area contributed by atoms with Crippen molar-refractivity contribution in [1.29, 1.82) is 0 Å². The van der Waals surface area contributed by atoms with Gasteiger partial charge in [0.05, 0.1) is 25.7 Å². The fourth-order valence-electron chi connectivity index (χ4n) is 3.16. The maximum absolute atomic E-state index is 11.9. The standard InChI is InChI=1S/C20H34O5/c1-3-4-7-10-17(21)14-13-16-15-25-20(23)18(16)11-8-5-6-9-12-19(22)24-2/h13-14,16-18,21H,3-12,15H2,1-2H3/b14-13+/t16-,17+,18+/m0/s1. The van der Waals surface area contributed by atoms with Crippen LogP contribution in [-0.4, -0.2) is 36.9 Å².